The molecule has 1 aliphatic rings. The van der Waals surface area contributed by atoms with Gasteiger partial charge in [0, 0.05) is 37.8 Å². The fraction of sp³-hybridized carbons (Fsp3) is 0.524. The van der Waals surface area contributed by atoms with Crippen molar-refractivity contribution in [3.63, 3.8) is 0 Å². The third kappa shape index (κ3) is 4.23. The van der Waals surface area contributed by atoms with Crippen molar-refractivity contribution < 1.29 is 13.2 Å². The summed E-state index contributed by atoms with van der Waals surface area (Å²) < 4.78 is 30.8. The van der Waals surface area contributed by atoms with Crippen molar-refractivity contribution in [3.8, 4) is 0 Å². The zero-order valence-electron chi connectivity index (χ0n) is 17.0. The van der Waals surface area contributed by atoms with Gasteiger partial charge in [-0.15, -0.1) is 0 Å². The van der Waals surface area contributed by atoms with Gasteiger partial charge < -0.3 is 15.0 Å². The fourth-order valence-corrected chi connectivity index (χ4v) is 4.72. The zero-order valence-corrected chi connectivity index (χ0v) is 17.8. The molecule has 0 amide bonds. The molecule has 2 N–H and O–H groups in total. The van der Waals surface area contributed by atoms with Crippen molar-refractivity contribution in [2.75, 3.05) is 31.0 Å². The molecule has 0 atom stereocenters. The maximum absolute atomic E-state index is 11.5. The Morgan fingerprint density at radius 3 is 2.69 bits per heavy atom. The highest BCUT2D eigenvalue weighted by molar-refractivity contribution is 7.90. The smallest absolute Gasteiger partial charge is 0.152 e. The number of anilines is 1. The second-order valence-corrected chi connectivity index (χ2v) is 10.2. The van der Waals surface area contributed by atoms with Crippen LogP contribution in [0.2, 0.25) is 0 Å². The summed E-state index contributed by atoms with van der Waals surface area (Å²) in [5, 5.41) is 1.01. The number of hydrogen-bond acceptors (Lipinski definition) is 6. The van der Waals surface area contributed by atoms with Crippen LogP contribution >= 0.6 is 0 Å². The summed E-state index contributed by atoms with van der Waals surface area (Å²) in [4.78, 5) is 9.38. The van der Waals surface area contributed by atoms with Gasteiger partial charge in [0.2, 0.25) is 0 Å². The predicted octanol–water partition coefficient (Wildman–Crippen LogP) is 2.74. The molecule has 3 aromatic rings. The Balaban J connectivity index is 1.81. The Morgan fingerprint density at radius 1 is 1.24 bits per heavy atom. The lowest BCUT2D eigenvalue weighted by Crippen LogP contribution is -2.21. The molecule has 0 bridgehead atoms. The molecule has 29 heavy (non-hydrogen) atoms. The van der Waals surface area contributed by atoms with Gasteiger partial charge in [-0.3, -0.25) is 0 Å². The molecule has 8 heteroatoms. The molecule has 156 valence electrons. The number of aromatic nitrogens is 3. The van der Waals surface area contributed by atoms with Gasteiger partial charge in [-0.1, -0.05) is 19.1 Å². The first-order chi connectivity index (χ1) is 13.9. The molecule has 4 rings (SSSR count). The number of imidazole rings is 1. The average Bonchev–Trinajstić information content (AvgIpc) is 3.06. The number of rotatable bonds is 6. The number of ether oxygens (including phenoxy) is 1. The van der Waals surface area contributed by atoms with E-state index in [4.69, 9.17) is 15.5 Å². The van der Waals surface area contributed by atoms with Gasteiger partial charge in [0.05, 0.1) is 16.8 Å². The first-order valence-electron chi connectivity index (χ1n) is 10.2. The van der Waals surface area contributed by atoms with E-state index in [1.165, 1.54) is 6.26 Å². The minimum Gasteiger partial charge on any atom is -0.382 e. The molecule has 2 aromatic heterocycles. The highest BCUT2D eigenvalue weighted by Crippen LogP contribution is 2.31. The van der Waals surface area contributed by atoms with E-state index >= 15 is 0 Å². The third-order valence-corrected chi connectivity index (χ3v) is 6.65. The first-order valence-corrected chi connectivity index (χ1v) is 12.2. The lowest BCUT2D eigenvalue weighted by molar-refractivity contribution is 0.0614. The van der Waals surface area contributed by atoms with Gasteiger partial charge in [0.1, 0.15) is 21.2 Å². The van der Waals surface area contributed by atoms with Crippen LogP contribution in [-0.2, 0) is 34.0 Å². The molecule has 1 saturated heterocycles. The van der Waals surface area contributed by atoms with Crippen LogP contribution in [0.5, 0.6) is 0 Å². The summed E-state index contributed by atoms with van der Waals surface area (Å²) >= 11 is 0. The van der Waals surface area contributed by atoms with Crippen molar-refractivity contribution in [1.82, 2.24) is 14.5 Å². The minimum absolute atomic E-state index is 0.123. The fourth-order valence-electron chi connectivity index (χ4n) is 4.12. The molecule has 0 aliphatic carbocycles. The predicted molar refractivity (Wildman–Crippen MR) is 116 cm³/mol. The number of pyridine rings is 1. The molecule has 7 nitrogen and oxygen atoms in total. The van der Waals surface area contributed by atoms with Crippen LogP contribution in [0.4, 0.5) is 5.82 Å². The highest BCUT2D eigenvalue weighted by atomic mass is 32.2. The van der Waals surface area contributed by atoms with E-state index in [-0.39, 0.29) is 5.75 Å². The van der Waals surface area contributed by atoms with Crippen LogP contribution in [0, 0.1) is 5.92 Å². The van der Waals surface area contributed by atoms with E-state index < -0.39 is 9.84 Å². The molecule has 0 spiro atoms. The lowest BCUT2D eigenvalue weighted by atomic mass is 10.00. The second kappa shape index (κ2) is 7.91. The highest BCUT2D eigenvalue weighted by Gasteiger charge is 2.21. The molecule has 1 fully saturated rings. The Bertz CT molecular complexity index is 1150. The molecular weight excluding hydrogens is 388 g/mol. The summed E-state index contributed by atoms with van der Waals surface area (Å²) in [6.45, 7) is 4.63. The molecule has 0 radical (unpaired) electrons. The van der Waals surface area contributed by atoms with Gasteiger partial charge in [-0.25, -0.2) is 18.4 Å². The third-order valence-electron chi connectivity index (χ3n) is 5.71. The van der Waals surface area contributed by atoms with Crippen molar-refractivity contribution in [3.05, 3.63) is 29.6 Å². The van der Waals surface area contributed by atoms with Gasteiger partial charge in [-0.05, 0) is 36.8 Å². The van der Waals surface area contributed by atoms with Crippen LogP contribution < -0.4 is 5.73 Å². The number of nitrogen functional groups attached to an aromatic ring is 1. The maximum Gasteiger partial charge on any atom is 0.152 e. The first kappa shape index (κ1) is 20.1. The molecule has 0 saturated carbocycles. The van der Waals surface area contributed by atoms with Crippen LogP contribution in [0.1, 0.15) is 31.2 Å². The number of fused-ring (bicyclic) bond motifs is 3. The topological polar surface area (TPSA) is 100 Å². The maximum atomic E-state index is 11.5. The van der Waals surface area contributed by atoms with Gasteiger partial charge in [0.25, 0.3) is 0 Å². The van der Waals surface area contributed by atoms with Gasteiger partial charge >= 0.3 is 0 Å². The Hall–Kier alpha value is -2.19. The normalized spacial score (nSPS) is 16.1. The van der Waals surface area contributed by atoms with E-state index in [1.807, 2.05) is 18.2 Å². The Labute approximate surface area is 171 Å². The number of benzene rings is 1. The number of nitrogens with two attached hydrogens (primary N) is 1. The van der Waals surface area contributed by atoms with Crippen molar-refractivity contribution in [2.24, 2.45) is 5.92 Å². The number of sulfone groups is 1. The summed E-state index contributed by atoms with van der Waals surface area (Å²) in [6.07, 6.45) is 4.66. The van der Waals surface area contributed by atoms with Gasteiger partial charge in [-0.2, -0.15) is 0 Å². The molecular formula is C21H28N4O3S. The quantitative estimate of drug-likeness (QED) is 0.663. The van der Waals surface area contributed by atoms with Crippen molar-refractivity contribution in [2.45, 2.75) is 39.2 Å². The summed E-state index contributed by atoms with van der Waals surface area (Å²) in [7, 11) is -3.01. The van der Waals surface area contributed by atoms with Crippen LogP contribution in [-0.4, -0.2) is 48.2 Å². The number of nitrogens with zero attached hydrogens (tertiary/aromatic N) is 3. The second-order valence-electron chi connectivity index (χ2n) is 7.97. The Kier molecular flexibility index (Phi) is 5.48. The number of hydrogen-bond donors (Lipinski definition) is 1. The van der Waals surface area contributed by atoms with Crippen molar-refractivity contribution in [1.29, 1.82) is 0 Å². The van der Waals surface area contributed by atoms with E-state index in [0.717, 1.165) is 72.3 Å². The molecule has 1 aromatic carbocycles. The molecule has 1 aliphatic heterocycles. The van der Waals surface area contributed by atoms with E-state index in [1.54, 1.807) is 0 Å². The molecule has 3 heterocycles. The monoisotopic (exact) mass is 416 g/mol. The average molecular weight is 417 g/mol. The van der Waals surface area contributed by atoms with Crippen LogP contribution in [0.25, 0.3) is 21.9 Å². The molecule has 0 unspecified atom stereocenters. The minimum atomic E-state index is -3.01. The largest absolute Gasteiger partial charge is 0.382 e. The standard InChI is InChI=1S/C21H28N4O3S/c1-3-18-24-19-20(25(18)13-15-6-9-28-10-7-15)16-5-4-14(8-11-29(2,26)27)12-17(16)23-21(19)22/h4-5,12,15H,3,6-11,13H2,1-2H3,(H2,22,23). The summed E-state index contributed by atoms with van der Waals surface area (Å²) in [6, 6.07) is 5.97. The Morgan fingerprint density at radius 2 is 2.00 bits per heavy atom. The lowest BCUT2D eigenvalue weighted by Gasteiger charge is -2.23. The summed E-state index contributed by atoms with van der Waals surface area (Å²) in [5.41, 5.74) is 9.80. The van der Waals surface area contributed by atoms with Crippen molar-refractivity contribution >= 4 is 37.6 Å². The SMILES string of the molecule is CCc1nc2c(N)nc3cc(CCS(C)(=O)=O)ccc3c2n1CC1CCOCC1. The zero-order chi connectivity index (χ0) is 20.6. The van der Waals surface area contributed by atoms with Crippen LogP contribution in [0.3, 0.4) is 0 Å². The van der Waals surface area contributed by atoms with E-state index in [0.29, 0.717) is 18.2 Å². The summed E-state index contributed by atoms with van der Waals surface area (Å²) in [5.74, 6) is 2.13. The van der Waals surface area contributed by atoms with Gasteiger partial charge in [0.15, 0.2) is 5.82 Å². The van der Waals surface area contributed by atoms with E-state index in [9.17, 15) is 8.42 Å². The number of aryl methyl sites for hydroxylation is 2. The van der Waals surface area contributed by atoms with Crippen LogP contribution in [0.15, 0.2) is 18.2 Å². The van der Waals surface area contributed by atoms with E-state index in [2.05, 4.69) is 16.5 Å².